The first-order chi connectivity index (χ1) is 14.3. The molecule has 0 aliphatic carbocycles. The van der Waals surface area contributed by atoms with Gasteiger partial charge in [-0.05, 0) is 43.0 Å². The molecular weight excluding hydrogens is 416 g/mol. The van der Waals surface area contributed by atoms with Gasteiger partial charge in [-0.2, -0.15) is 0 Å². The predicted octanol–water partition coefficient (Wildman–Crippen LogP) is 5.07. The summed E-state index contributed by atoms with van der Waals surface area (Å²) in [6, 6.07) is 15.1. The van der Waals surface area contributed by atoms with Crippen molar-refractivity contribution in [3.63, 3.8) is 0 Å². The van der Waals surface area contributed by atoms with Crippen molar-refractivity contribution < 1.29 is 9.59 Å². The molecule has 2 amide bonds. The minimum atomic E-state index is -0.560. The van der Waals surface area contributed by atoms with Crippen molar-refractivity contribution in [3.05, 3.63) is 70.2 Å². The maximum atomic E-state index is 13.1. The van der Waals surface area contributed by atoms with Crippen LogP contribution in [0.4, 0.5) is 0 Å². The van der Waals surface area contributed by atoms with Crippen LogP contribution >= 0.6 is 23.4 Å². The minimum absolute atomic E-state index is 0.0557. The number of amides is 2. The van der Waals surface area contributed by atoms with Gasteiger partial charge in [0.1, 0.15) is 6.04 Å². The van der Waals surface area contributed by atoms with Gasteiger partial charge in [0, 0.05) is 23.9 Å². The fourth-order valence-electron chi connectivity index (χ4n) is 3.01. The lowest BCUT2D eigenvalue weighted by Crippen LogP contribution is -2.48. The summed E-state index contributed by atoms with van der Waals surface area (Å²) in [7, 11) is 0. The largest absolute Gasteiger partial charge is 0.354 e. The van der Waals surface area contributed by atoms with Gasteiger partial charge in [0.15, 0.2) is 0 Å². The number of halogens is 1. The van der Waals surface area contributed by atoms with Crippen molar-refractivity contribution in [1.29, 1.82) is 0 Å². The number of hydrogen-bond donors (Lipinski definition) is 1. The molecule has 0 aromatic heterocycles. The first kappa shape index (κ1) is 24.3. The summed E-state index contributed by atoms with van der Waals surface area (Å²) >= 11 is 7.68. The second kappa shape index (κ2) is 12.0. The molecule has 2 aromatic rings. The Morgan fingerprint density at radius 2 is 1.77 bits per heavy atom. The zero-order valence-electron chi connectivity index (χ0n) is 18.2. The molecule has 0 saturated heterocycles. The summed E-state index contributed by atoms with van der Waals surface area (Å²) < 4.78 is 0. The van der Waals surface area contributed by atoms with Gasteiger partial charge < -0.3 is 10.2 Å². The Kier molecular flexibility index (Phi) is 9.73. The molecule has 0 aliphatic rings. The van der Waals surface area contributed by atoms with Crippen LogP contribution in [-0.2, 0) is 21.9 Å². The monoisotopic (exact) mass is 446 g/mol. The molecule has 0 bridgehead atoms. The molecule has 6 heteroatoms. The third kappa shape index (κ3) is 8.04. The maximum absolute atomic E-state index is 13.1. The summed E-state index contributed by atoms with van der Waals surface area (Å²) in [6.45, 7) is 8.86. The minimum Gasteiger partial charge on any atom is -0.354 e. The Balaban J connectivity index is 2.06. The highest BCUT2D eigenvalue weighted by Gasteiger charge is 2.26. The van der Waals surface area contributed by atoms with Crippen molar-refractivity contribution in [2.24, 2.45) is 5.92 Å². The van der Waals surface area contributed by atoms with Crippen molar-refractivity contribution in [3.8, 4) is 0 Å². The Bertz CT molecular complexity index is 857. The van der Waals surface area contributed by atoms with Crippen LogP contribution in [0.3, 0.4) is 0 Å². The molecule has 0 radical (unpaired) electrons. The van der Waals surface area contributed by atoms with Crippen LogP contribution in [0, 0.1) is 12.8 Å². The van der Waals surface area contributed by atoms with Gasteiger partial charge in [-0.1, -0.05) is 67.4 Å². The standard InChI is InChI=1S/C24H31ClN2O2S/c1-17(2)13-26-24(29)19(4)27(14-20-8-6-10-22(25)12-20)23(28)16-30-15-21-9-5-7-18(3)11-21/h5-12,17,19H,13-16H2,1-4H3,(H,26,29)/t19-/m1/s1. The molecule has 0 saturated carbocycles. The molecule has 1 N–H and O–H groups in total. The third-order valence-corrected chi connectivity index (χ3v) is 5.89. The van der Waals surface area contributed by atoms with E-state index in [9.17, 15) is 9.59 Å². The van der Waals surface area contributed by atoms with Gasteiger partial charge in [0.2, 0.25) is 11.8 Å². The van der Waals surface area contributed by atoms with Crippen LogP contribution in [0.25, 0.3) is 0 Å². The van der Waals surface area contributed by atoms with Gasteiger partial charge >= 0.3 is 0 Å². The number of aryl methyl sites for hydroxylation is 1. The van der Waals surface area contributed by atoms with Crippen molar-refractivity contribution in [2.45, 2.75) is 46.0 Å². The highest BCUT2D eigenvalue weighted by molar-refractivity contribution is 7.99. The Labute approximate surface area is 189 Å². The van der Waals surface area contributed by atoms with Gasteiger partial charge in [-0.25, -0.2) is 0 Å². The predicted molar refractivity (Wildman–Crippen MR) is 127 cm³/mol. The van der Waals surface area contributed by atoms with E-state index in [1.807, 2.05) is 38.1 Å². The fourth-order valence-corrected chi connectivity index (χ4v) is 4.08. The summed E-state index contributed by atoms with van der Waals surface area (Å²) in [5, 5.41) is 3.55. The quantitative estimate of drug-likeness (QED) is 0.554. The number of hydrogen-bond acceptors (Lipinski definition) is 3. The number of rotatable bonds is 10. The number of benzene rings is 2. The molecule has 4 nitrogen and oxygen atoms in total. The molecule has 2 aromatic carbocycles. The molecule has 0 fully saturated rings. The molecular formula is C24H31ClN2O2S. The van der Waals surface area contributed by atoms with Crippen LogP contribution in [-0.4, -0.2) is 35.1 Å². The zero-order chi connectivity index (χ0) is 22.1. The molecule has 30 heavy (non-hydrogen) atoms. The van der Waals surface area contributed by atoms with E-state index < -0.39 is 6.04 Å². The summed E-state index contributed by atoms with van der Waals surface area (Å²) in [6.07, 6.45) is 0. The second-order valence-electron chi connectivity index (χ2n) is 7.95. The number of nitrogens with zero attached hydrogens (tertiary/aromatic N) is 1. The number of nitrogens with one attached hydrogen (secondary N) is 1. The molecule has 0 aliphatic heterocycles. The Hall–Kier alpha value is -1.98. The molecule has 0 heterocycles. The summed E-state index contributed by atoms with van der Waals surface area (Å²) in [4.78, 5) is 27.4. The number of carbonyl (C=O) groups excluding carboxylic acids is 2. The van der Waals surface area contributed by atoms with Crippen molar-refractivity contribution in [2.75, 3.05) is 12.3 Å². The molecule has 2 rings (SSSR count). The molecule has 0 spiro atoms. The topological polar surface area (TPSA) is 49.4 Å². The van der Waals surface area contributed by atoms with E-state index in [2.05, 4.69) is 30.4 Å². The van der Waals surface area contributed by atoms with E-state index in [1.54, 1.807) is 29.7 Å². The maximum Gasteiger partial charge on any atom is 0.242 e. The second-order valence-corrected chi connectivity index (χ2v) is 9.37. The van der Waals surface area contributed by atoms with Crippen LogP contribution in [0.5, 0.6) is 0 Å². The average Bonchev–Trinajstić information content (AvgIpc) is 2.69. The third-order valence-electron chi connectivity index (χ3n) is 4.67. The van der Waals surface area contributed by atoms with Crippen LogP contribution < -0.4 is 5.32 Å². The molecule has 162 valence electrons. The van der Waals surface area contributed by atoms with Crippen molar-refractivity contribution >= 4 is 35.2 Å². The van der Waals surface area contributed by atoms with E-state index in [4.69, 9.17) is 11.6 Å². The highest BCUT2D eigenvalue weighted by Crippen LogP contribution is 2.18. The fraction of sp³-hybridized carbons (Fsp3) is 0.417. The lowest BCUT2D eigenvalue weighted by Gasteiger charge is -2.29. The molecule has 1 atom stereocenters. The SMILES string of the molecule is Cc1cccc(CSCC(=O)N(Cc2cccc(Cl)c2)[C@H](C)C(=O)NCC(C)C)c1. The number of thioether (sulfide) groups is 1. The highest BCUT2D eigenvalue weighted by atomic mass is 35.5. The van der Waals surface area contributed by atoms with Gasteiger partial charge in [-0.3, -0.25) is 9.59 Å². The van der Waals surface area contributed by atoms with Crippen LogP contribution in [0.1, 0.15) is 37.5 Å². The Morgan fingerprint density at radius 3 is 2.43 bits per heavy atom. The van der Waals surface area contributed by atoms with Gasteiger partial charge in [0.05, 0.1) is 5.75 Å². The van der Waals surface area contributed by atoms with E-state index >= 15 is 0 Å². The summed E-state index contributed by atoms with van der Waals surface area (Å²) in [5.41, 5.74) is 3.30. The number of carbonyl (C=O) groups is 2. The smallest absolute Gasteiger partial charge is 0.242 e. The van der Waals surface area contributed by atoms with E-state index in [-0.39, 0.29) is 11.8 Å². The van der Waals surface area contributed by atoms with Crippen LogP contribution in [0.15, 0.2) is 48.5 Å². The molecule has 0 unspecified atom stereocenters. The van der Waals surface area contributed by atoms with Crippen LogP contribution in [0.2, 0.25) is 5.02 Å². The first-order valence-electron chi connectivity index (χ1n) is 10.2. The average molecular weight is 447 g/mol. The van der Waals surface area contributed by atoms with E-state index in [1.165, 1.54) is 11.1 Å². The van der Waals surface area contributed by atoms with Crippen molar-refractivity contribution in [1.82, 2.24) is 10.2 Å². The zero-order valence-corrected chi connectivity index (χ0v) is 19.7. The van der Waals surface area contributed by atoms with Gasteiger partial charge in [-0.15, -0.1) is 11.8 Å². The first-order valence-corrected chi connectivity index (χ1v) is 11.7. The van der Waals surface area contributed by atoms with E-state index in [0.717, 1.165) is 11.3 Å². The Morgan fingerprint density at radius 1 is 1.07 bits per heavy atom. The normalized spacial score (nSPS) is 11.9. The van der Waals surface area contributed by atoms with E-state index in [0.29, 0.717) is 29.8 Å². The summed E-state index contributed by atoms with van der Waals surface area (Å²) in [5.74, 6) is 1.23. The lowest BCUT2D eigenvalue weighted by molar-refractivity contribution is -0.138. The van der Waals surface area contributed by atoms with Gasteiger partial charge in [0.25, 0.3) is 0 Å². The lowest BCUT2D eigenvalue weighted by atomic mass is 10.1.